The fraction of sp³-hybridized carbons (Fsp3) is 0.211. The highest BCUT2D eigenvalue weighted by Gasteiger charge is 2.15. The fourth-order valence-corrected chi connectivity index (χ4v) is 2.38. The predicted molar refractivity (Wildman–Crippen MR) is 94.9 cm³/mol. The van der Waals surface area contributed by atoms with Gasteiger partial charge in [0.25, 0.3) is 5.91 Å². The van der Waals surface area contributed by atoms with Gasteiger partial charge in [0.2, 0.25) is 0 Å². The van der Waals surface area contributed by atoms with Crippen LogP contribution >= 0.6 is 0 Å². The number of aromatic nitrogens is 3. The van der Waals surface area contributed by atoms with Crippen LogP contribution in [0, 0.1) is 0 Å². The van der Waals surface area contributed by atoms with Gasteiger partial charge in [-0.25, -0.2) is 0 Å². The van der Waals surface area contributed by atoms with Crippen LogP contribution in [0.1, 0.15) is 36.7 Å². The average molecular weight is 320 g/mol. The van der Waals surface area contributed by atoms with E-state index in [0.717, 1.165) is 11.3 Å². The van der Waals surface area contributed by atoms with Gasteiger partial charge in [0, 0.05) is 29.6 Å². The normalized spacial score (nSPS) is 11.3. The van der Waals surface area contributed by atoms with Crippen molar-refractivity contribution in [1.29, 1.82) is 0 Å². The third-order valence-corrected chi connectivity index (χ3v) is 3.82. The lowest BCUT2D eigenvalue weighted by atomic mass is 9.87. The number of amides is 1. The number of anilines is 1. The van der Waals surface area contributed by atoms with Gasteiger partial charge in [-0.3, -0.25) is 14.9 Å². The van der Waals surface area contributed by atoms with Gasteiger partial charge in [0.1, 0.15) is 0 Å². The average Bonchev–Trinajstić information content (AvgIpc) is 3.03. The van der Waals surface area contributed by atoms with Gasteiger partial charge in [-0.05, 0) is 35.2 Å². The van der Waals surface area contributed by atoms with Crippen molar-refractivity contribution in [3.8, 4) is 11.3 Å². The highest BCUT2D eigenvalue weighted by Crippen LogP contribution is 2.23. The number of hydrogen-bond acceptors (Lipinski definition) is 3. The molecule has 0 aliphatic rings. The third-order valence-electron chi connectivity index (χ3n) is 3.82. The Hall–Kier alpha value is -2.95. The number of nitrogens with one attached hydrogen (secondary N) is 2. The Morgan fingerprint density at radius 2 is 1.71 bits per heavy atom. The van der Waals surface area contributed by atoms with Crippen molar-refractivity contribution >= 4 is 11.7 Å². The van der Waals surface area contributed by atoms with Gasteiger partial charge in [0.15, 0.2) is 5.82 Å². The SMILES string of the molecule is CC(C)(C)c1ccc(C(=O)Nc2cc(-c3ccncc3)[nH]n2)cc1. The van der Waals surface area contributed by atoms with E-state index >= 15 is 0 Å². The molecule has 5 nitrogen and oxygen atoms in total. The van der Waals surface area contributed by atoms with Crippen LogP contribution in [0.4, 0.5) is 5.82 Å². The number of aromatic amines is 1. The summed E-state index contributed by atoms with van der Waals surface area (Å²) in [6.45, 7) is 6.44. The summed E-state index contributed by atoms with van der Waals surface area (Å²) in [4.78, 5) is 16.3. The second kappa shape index (κ2) is 6.28. The summed E-state index contributed by atoms with van der Waals surface area (Å²) < 4.78 is 0. The van der Waals surface area contributed by atoms with Crippen molar-refractivity contribution in [2.24, 2.45) is 0 Å². The van der Waals surface area contributed by atoms with E-state index in [1.807, 2.05) is 36.4 Å². The number of H-pyrrole nitrogens is 1. The molecule has 3 rings (SSSR count). The molecule has 0 saturated carbocycles. The Morgan fingerprint density at radius 3 is 2.33 bits per heavy atom. The quantitative estimate of drug-likeness (QED) is 0.765. The van der Waals surface area contributed by atoms with E-state index in [9.17, 15) is 4.79 Å². The number of carbonyl (C=O) groups excluding carboxylic acids is 1. The van der Waals surface area contributed by atoms with Gasteiger partial charge < -0.3 is 5.32 Å². The largest absolute Gasteiger partial charge is 0.305 e. The summed E-state index contributed by atoms with van der Waals surface area (Å²) in [7, 11) is 0. The first kappa shape index (κ1) is 15.9. The number of nitrogens with zero attached hydrogens (tertiary/aromatic N) is 2. The highest BCUT2D eigenvalue weighted by molar-refractivity contribution is 6.04. The van der Waals surface area contributed by atoms with Crippen molar-refractivity contribution < 1.29 is 4.79 Å². The van der Waals surface area contributed by atoms with Crippen LogP contribution in [0.3, 0.4) is 0 Å². The Bertz CT molecular complexity index is 830. The molecule has 3 aromatic rings. The highest BCUT2D eigenvalue weighted by atomic mass is 16.1. The van der Waals surface area contributed by atoms with Crippen molar-refractivity contribution in [3.63, 3.8) is 0 Å². The van der Waals surface area contributed by atoms with E-state index in [0.29, 0.717) is 11.4 Å². The van der Waals surface area contributed by atoms with Gasteiger partial charge >= 0.3 is 0 Å². The molecule has 0 radical (unpaired) electrons. The lowest BCUT2D eigenvalue weighted by molar-refractivity contribution is 0.102. The Morgan fingerprint density at radius 1 is 1.04 bits per heavy atom. The maximum atomic E-state index is 12.3. The van der Waals surface area contributed by atoms with E-state index in [-0.39, 0.29) is 11.3 Å². The van der Waals surface area contributed by atoms with E-state index in [2.05, 4.69) is 41.3 Å². The topological polar surface area (TPSA) is 70.7 Å². The molecule has 0 saturated heterocycles. The predicted octanol–water partition coefficient (Wildman–Crippen LogP) is 4.02. The minimum absolute atomic E-state index is 0.0661. The van der Waals surface area contributed by atoms with Crippen LogP contribution in [-0.4, -0.2) is 21.1 Å². The molecule has 0 fully saturated rings. The molecule has 1 aromatic carbocycles. The number of benzene rings is 1. The molecule has 24 heavy (non-hydrogen) atoms. The third kappa shape index (κ3) is 3.51. The van der Waals surface area contributed by atoms with E-state index in [4.69, 9.17) is 0 Å². The number of pyridine rings is 1. The molecule has 0 unspecified atom stereocenters. The first-order chi connectivity index (χ1) is 11.4. The second-order valence-electron chi connectivity index (χ2n) is 6.68. The molecule has 5 heteroatoms. The van der Waals surface area contributed by atoms with Crippen LogP contribution in [0.15, 0.2) is 54.9 Å². The lowest BCUT2D eigenvalue weighted by Crippen LogP contribution is -2.14. The zero-order chi connectivity index (χ0) is 17.2. The molecule has 0 aliphatic carbocycles. The Labute approximate surface area is 141 Å². The summed E-state index contributed by atoms with van der Waals surface area (Å²) in [6, 6.07) is 13.2. The molecule has 0 aliphatic heterocycles. The van der Waals surface area contributed by atoms with Crippen LogP contribution in [0.25, 0.3) is 11.3 Å². The number of carbonyl (C=O) groups is 1. The molecule has 2 aromatic heterocycles. The first-order valence-electron chi connectivity index (χ1n) is 7.81. The van der Waals surface area contributed by atoms with E-state index < -0.39 is 0 Å². The Kier molecular flexibility index (Phi) is 4.16. The van der Waals surface area contributed by atoms with Crippen molar-refractivity contribution in [2.45, 2.75) is 26.2 Å². The molecule has 122 valence electrons. The van der Waals surface area contributed by atoms with Gasteiger partial charge in [-0.1, -0.05) is 32.9 Å². The van der Waals surface area contributed by atoms with E-state index in [1.165, 1.54) is 5.56 Å². The molecule has 0 bridgehead atoms. The van der Waals surface area contributed by atoms with Gasteiger partial charge in [-0.15, -0.1) is 0 Å². The second-order valence-corrected chi connectivity index (χ2v) is 6.68. The summed E-state index contributed by atoms with van der Waals surface area (Å²) in [5.41, 5.74) is 3.66. The maximum absolute atomic E-state index is 12.3. The molecular formula is C19H20N4O. The van der Waals surface area contributed by atoms with Gasteiger partial charge in [0.05, 0.1) is 5.69 Å². The number of hydrogen-bond donors (Lipinski definition) is 2. The van der Waals surface area contributed by atoms with Crippen molar-refractivity contribution in [1.82, 2.24) is 15.2 Å². The summed E-state index contributed by atoms with van der Waals surface area (Å²) in [5.74, 6) is 0.315. The maximum Gasteiger partial charge on any atom is 0.256 e. The molecule has 0 spiro atoms. The zero-order valence-corrected chi connectivity index (χ0v) is 14.0. The molecule has 0 atom stereocenters. The monoisotopic (exact) mass is 320 g/mol. The summed E-state index contributed by atoms with van der Waals surface area (Å²) in [6.07, 6.45) is 3.43. The van der Waals surface area contributed by atoms with Crippen molar-refractivity contribution in [3.05, 3.63) is 66.0 Å². The number of rotatable bonds is 3. The molecule has 2 N–H and O–H groups in total. The molecular weight excluding hydrogens is 300 g/mol. The Balaban J connectivity index is 1.72. The minimum atomic E-state index is -0.178. The van der Waals surface area contributed by atoms with Crippen LogP contribution in [0.5, 0.6) is 0 Å². The minimum Gasteiger partial charge on any atom is -0.305 e. The first-order valence-corrected chi connectivity index (χ1v) is 7.81. The molecule has 2 heterocycles. The lowest BCUT2D eigenvalue weighted by Gasteiger charge is -2.18. The van der Waals surface area contributed by atoms with Gasteiger partial charge in [-0.2, -0.15) is 5.10 Å². The van der Waals surface area contributed by atoms with Crippen molar-refractivity contribution in [2.75, 3.05) is 5.32 Å². The summed E-state index contributed by atoms with van der Waals surface area (Å²) in [5, 5.41) is 9.86. The van der Waals surface area contributed by atoms with Crippen LogP contribution in [-0.2, 0) is 5.41 Å². The smallest absolute Gasteiger partial charge is 0.256 e. The zero-order valence-electron chi connectivity index (χ0n) is 14.0. The summed E-state index contributed by atoms with van der Waals surface area (Å²) >= 11 is 0. The van der Waals surface area contributed by atoms with Crippen LogP contribution in [0.2, 0.25) is 0 Å². The fourth-order valence-electron chi connectivity index (χ4n) is 2.38. The standard InChI is InChI=1S/C19H20N4O/c1-19(2,3)15-6-4-14(5-7-15)18(24)21-17-12-16(22-23-17)13-8-10-20-11-9-13/h4-12H,1-3H3,(H2,21,22,23,24). The van der Waals surface area contributed by atoms with Crippen LogP contribution < -0.4 is 5.32 Å². The molecule has 1 amide bonds. The van der Waals surface area contributed by atoms with E-state index in [1.54, 1.807) is 18.5 Å².